The number of aromatic nitrogens is 1. The van der Waals surface area contributed by atoms with Crippen LogP contribution < -0.4 is 10.1 Å². The van der Waals surface area contributed by atoms with Crippen molar-refractivity contribution in [2.45, 2.75) is 39.7 Å². The Hall–Kier alpha value is -1.13. The molecule has 1 rings (SSSR count). The van der Waals surface area contributed by atoms with Gasteiger partial charge >= 0.3 is 0 Å². The number of nitrogens with zero attached hydrogens (tertiary/aromatic N) is 1. The number of rotatable bonds is 9. The molecule has 0 saturated carbocycles. The lowest BCUT2D eigenvalue weighted by atomic mass is 10.1. The molecule has 1 aromatic heterocycles. The van der Waals surface area contributed by atoms with Crippen molar-refractivity contribution < 1.29 is 9.47 Å². The molecule has 4 heteroatoms. The first-order valence-electron chi connectivity index (χ1n) is 7.00. The molecule has 1 heterocycles. The molecule has 0 aliphatic heterocycles. The van der Waals surface area contributed by atoms with Gasteiger partial charge in [-0.2, -0.15) is 0 Å². The number of pyridine rings is 1. The quantitative estimate of drug-likeness (QED) is 0.698. The molecule has 0 unspecified atom stereocenters. The van der Waals surface area contributed by atoms with Gasteiger partial charge in [-0.1, -0.05) is 20.8 Å². The summed E-state index contributed by atoms with van der Waals surface area (Å²) in [4.78, 5) is 4.55. The Balaban J connectivity index is 2.69. The van der Waals surface area contributed by atoms with Crippen LogP contribution in [0.3, 0.4) is 0 Å². The smallest absolute Gasteiger partial charge is 0.213 e. The summed E-state index contributed by atoms with van der Waals surface area (Å²) in [6, 6.07) is 4.16. The summed E-state index contributed by atoms with van der Waals surface area (Å²) in [5.74, 6) is 1.12. The van der Waals surface area contributed by atoms with Crippen LogP contribution >= 0.6 is 0 Å². The SMILES string of the molecule is CCNCc1cc(OCCCOC)nc(C(C)C)c1. The van der Waals surface area contributed by atoms with E-state index in [0.717, 1.165) is 31.1 Å². The predicted molar refractivity (Wildman–Crippen MR) is 77.7 cm³/mol. The van der Waals surface area contributed by atoms with Gasteiger partial charge in [0.25, 0.3) is 0 Å². The van der Waals surface area contributed by atoms with E-state index in [9.17, 15) is 0 Å². The van der Waals surface area contributed by atoms with Gasteiger partial charge in [0.1, 0.15) is 0 Å². The van der Waals surface area contributed by atoms with E-state index in [1.54, 1.807) is 7.11 Å². The molecule has 4 nitrogen and oxygen atoms in total. The van der Waals surface area contributed by atoms with Crippen molar-refractivity contribution in [1.29, 1.82) is 0 Å². The van der Waals surface area contributed by atoms with Gasteiger partial charge < -0.3 is 14.8 Å². The molecule has 0 radical (unpaired) electrons. The molecule has 0 aliphatic rings. The van der Waals surface area contributed by atoms with Gasteiger partial charge in [0, 0.05) is 38.4 Å². The van der Waals surface area contributed by atoms with Gasteiger partial charge in [-0.15, -0.1) is 0 Å². The van der Waals surface area contributed by atoms with E-state index in [4.69, 9.17) is 9.47 Å². The predicted octanol–water partition coefficient (Wildman–Crippen LogP) is 2.73. The molecular formula is C15H26N2O2. The first-order valence-corrected chi connectivity index (χ1v) is 7.00. The van der Waals surface area contributed by atoms with Gasteiger partial charge in [-0.05, 0) is 24.1 Å². The number of nitrogens with one attached hydrogen (secondary N) is 1. The molecule has 19 heavy (non-hydrogen) atoms. The largest absolute Gasteiger partial charge is 0.478 e. The average Bonchev–Trinajstić information content (AvgIpc) is 2.41. The highest BCUT2D eigenvalue weighted by Gasteiger charge is 2.07. The lowest BCUT2D eigenvalue weighted by Crippen LogP contribution is -2.13. The number of methoxy groups -OCH3 is 1. The maximum atomic E-state index is 5.70. The molecule has 0 aromatic carbocycles. The lowest BCUT2D eigenvalue weighted by Gasteiger charge is -2.12. The molecule has 1 aromatic rings. The molecule has 0 fully saturated rings. The standard InChI is InChI=1S/C15H26N2O2/c1-5-16-11-13-9-14(12(2)3)17-15(10-13)19-8-6-7-18-4/h9-10,12,16H,5-8,11H2,1-4H3. The third kappa shape index (κ3) is 6.03. The highest BCUT2D eigenvalue weighted by Crippen LogP contribution is 2.19. The summed E-state index contributed by atoms with van der Waals surface area (Å²) in [7, 11) is 1.70. The van der Waals surface area contributed by atoms with E-state index in [2.05, 4.69) is 37.1 Å². The van der Waals surface area contributed by atoms with Gasteiger partial charge in [-0.25, -0.2) is 4.98 Å². The second-order valence-electron chi connectivity index (χ2n) is 4.87. The van der Waals surface area contributed by atoms with Gasteiger partial charge in [0.2, 0.25) is 5.88 Å². The Kier molecular flexibility index (Phi) is 7.45. The monoisotopic (exact) mass is 266 g/mol. The lowest BCUT2D eigenvalue weighted by molar-refractivity contribution is 0.170. The van der Waals surface area contributed by atoms with Crippen LogP contribution in [0.15, 0.2) is 12.1 Å². The first kappa shape index (κ1) is 15.9. The topological polar surface area (TPSA) is 43.4 Å². The first-order chi connectivity index (χ1) is 9.17. The zero-order chi connectivity index (χ0) is 14.1. The van der Waals surface area contributed by atoms with Crippen LogP contribution in [0.4, 0.5) is 0 Å². The molecule has 0 bridgehead atoms. The summed E-state index contributed by atoms with van der Waals surface area (Å²) >= 11 is 0. The van der Waals surface area contributed by atoms with E-state index in [1.807, 2.05) is 6.07 Å². The van der Waals surface area contributed by atoms with Crippen LogP contribution in [0.2, 0.25) is 0 Å². The Morgan fingerprint density at radius 2 is 2.05 bits per heavy atom. The van der Waals surface area contributed by atoms with Crippen molar-refractivity contribution in [3.05, 3.63) is 23.4 Å². The van der Waals surface area contributed by atoms with Crippen LogP contribution in [0.25, 0.3) is 0 Å². The van der Waals surface area contributed by atoms with Gasteiger partial charge in [0.05, 0.1) is 6.61 Å². The van der Waals surface area contributed by atoms with Crippen molar-refractivity contribution in [1.82, 2.24) is 10.3 Å². The van der Waals surface area contributed by atoms with E-state index < -0.39 is 0 Å². The molecule has 0 amide bonds. The zero-order valence-corrected chi connectivity index (χ0v) is 12.5. The summed E-state index contributed by atoms with van der Waals surface area (Å²) in [5, 5.41) is 3.33. The molecule has 0 saturated heterocycles. The van der Waals surface area contributed by atoms with E-state index in [-0.39, 0.29) is 0 Å². The Morgan fingerprint density at radius 1 is 1.26 bits per heavy atom. The minimum atomic E-state index is 0.405. The maximum absolute atomic E-state index is 5.70. The Labute approximate surface area is 116 Å². The fraction of sp³-hybridized carbons (Fsp3) is 0.667. The fourth-order valence-electron chi connectivity index (χ4n) is 1.70. The van der Waals surface area contributed by atoms with E-state index in [0.29, 0.717) is 19.1 Å². The van der Waals surface area contributed by atoms with Crippen molar-refractivity contribution in [2.24, 2.45) is 0 Å². The molecule has 0 spiro atoms. The third-order valence-corrected chi connectivity index (χ3v) is 2.79. The number of hydrogen-bond donors (Lipinski definition) is 1. The second kappa shape index (κ2) is 8.88. The molecule has 0 atom stereocenters. The van der Waals surface area contributed by atoms with Crippen LogP contribution in [-0.4, -0.2) is 31.9 Å². The number of hydrogen-bond acceptors (Lipinski definition) is 4. The van der Waals surface area contributed by atoms with Crippen LogP contribution in [0.1, 0.15) is 44.4 Å². The molecular weight excluding hydrogens is 240 g/mol. The van der Waals surface area contributed by atoms with Gasteiger partial charge in [-0.3, -0.25) is 0 Å². The second-order valence-corrected chi connectivity index (χ2v) is 4.87. The highest BCUT2D eigenvalue weighted by atomic mass is 16.5. The van der Waals surface area contributed by atoms with E-state index >= 15 is 0 Å². The van der Waals surface area contributed by atoms with Crippen molar-refractivity contribution in [3.8, 4) is 5.88 Å². The zero-order valence-electron chi connectivity index (χ0n) is 12.5. The van der Waals surface area contributed by atoms with Crippen molar-refractivity contribution >= 4 is 0 Å². The van der Waals surface area contributed by atoms with Crippen LogP contribution in [0.5, 0.6) is 5.88 Å². The molecule has 0 aliphatic carbocycles. The fourth-order valence-corrected chi connectivity index (χ4v) is 1.70. The minimum Gasteiger partial charge on any atom is -0.478 e. The normalized spacial score (nSPS) is 11.0. The summed E-state index contributed by atoms with van der Waals surface area (Å²) < 4.78 is 10.7. The minimum absolute atomic E-state index is 0.405. The van der Waals surface area contributed by atoms with Crippen LogP contribution in [0, 0.1) is 0 Å². The van der Waals surface area contributed by atoms with Crippen LogP contribution in [-0.2, 0) is 11.3 Å². The summed E-state index contributed by atoms with van der Waals surface area (Å²) in [6.07, 6.45) is 0.882. The van der Waals surface area contributed by atoms with Crippen molar-refractivity contribution in [3.63, 3.8) is 0 Å². The average molecular weight is 266 g/mol. The summed E-state index contributed by atoms with van der Waals surface area (Å²) in [6.45, 7) is 9.57. The molecule has 1 N–H and O–H groups in total. The third-order valence-electron chi connectivity index (χ3n) is 2.79. The van der Waals surface area contributed by atoms with Gasteiger partial charge in [0.15, 0.2) is 0 Å². The maximum Gasteiger partial charge on any atom is 0.213 e. The number of ether oxygens (including phenoxy) is 2. The Bertz CT molecular complexity index is 367. The van der Waals surface area contributed by atoms with Crippen molar-refractivity contribution in [2.75, 3.05) is 26.9 Å². The molecule has 108 valence electrons. The Morgan fingerprint density at radius 3 is 2.68 bits per heavy atom. The summed E-state index contributed by atoms with van der Waals surface area (Å²) in [5.41, 5.74) is 2.31. The van der Waals surface area contributed by atoms with E-state index in [1.165, 1.54) is 5.56 Å². The highest BCUT2D eigenvalue weighted by molar-refractivity contribution is 5.26.